The van der Waals surface area contributed by atoms with Gasteiger partial charge in [0.2, 0.25) is 0 Å². The molecule has 1 spiro atoms. The van der Waals surface area contributed by atoms with Crippen LogP contribution in [0.25, 0.3) is 10.1 Å². The molecule has 2 aromatic rings. The maximum atomic E-state index is 11.4. The second kappa shape index (κ2) is 6.96. The van der Waals surface area contributed by atoms with Gasteiger partial charge in [0.25, 0.3) is 0 Å². The van der Waals surface area contributed by atoms with Crippen LogP contribution in [0.5, 0.6) is 0 Å². The van der Waals surface area contributed by atoms with E-state index < -0.39 is 24.0 Å². The highest BCUT2D eigenvalue weighted by molar-refractivity contribution is 7.19. The van der Waals surface area contributed by atoms with Crippen LogP contribution in [-0.4, -0.2) is 60.3 Å². The molecule has 0 radical (unpaired) electrons. The summed E-state index contributed by atoms with van der Waals surface area (Å²) in [5.74, 6) is -3.81. The smallest absolute Gasteiger partial charge is 0.397 e. The van der Waals surface area contributed by atoms with Crippen LogP contribution in [0.3, 0.4) is 0 Å². The van der Waals surface area contributed by atoms with E-state index in [1.165, 1.54) is 15.0 Å². The van der Waals surface area contributed by atoms with Crippen molar-refractivity contribution in [3.63, 3.8) is 0 Å². The number of nitrogens with zero attached hydrogens (tertiary/aromatic N) is 1. The van der Waals surface area contributed by atoms with E-state index in [1.807, 2.05) is 12.1 Å². The number of likely N-dealkylation sites (tertiary alicyclic amines) is 1. The summed E-state index contributed by atoms with van der Waals surface area (Å²) in [6, 6.07) is 10.4. The Bertz CT molecular complexity index is 785. The van der Waals surface area contributed by atoms with Gasteiger partial charge >= 0.3 is 17.8 Å². The lowest BCUT2D eigenvalue weighted by atomic mass is 10.2. The van der Waals surface area contributed by atoms with Crippen molar-refractivity contribution in [1.29, 1.82) is 0 Å². The zero-order valence-corrected chi connectivity index (χ0v) is 14.9. The number of hydrogen-bond donors (Lipinski definition) is 1. The molecule has 1 atom stereocenters. The van der Waals surface area contributed by atoms with Crippen LogP contribution in [0, 0.1) is 0 Å². The predicted molar refractivity (Wildman–Crippen MR) is 93.5 cm³/mol. The summed E-state index contributed by atoms with van der Waals surface area (Å²) in [5.41, 5.74) is 0. The van der Waals surface area contributed by atoms with Crippen LogP contribution in [0.15, 0.2) is 30.3 Å². The third-order valence-electron chi connectivity index (χ3n) is 4.65. The second-order valence-electron chi connectivity index (χ2n) is 6.31. The number of carbonyl (C=O) groups is 2. The molecule has 26 heavy (non-hydrogen) atoms. The van der Waals surface area contributed by atoms with Gasteiger partial charge in [-0.2, -0.15) is 0 Å². The number of hydrogen-bond acceptors (Lipinski definition) is 8. The van der Waals surface area contributed by atoms with Gasteiger partial charge in [-0.1, -0.05) is 18.2 Å². The quantitative estimate of drug-likeness (QED) is 0.461. The van der Waals surface area contributed by atoms with E-state index in [0.29, 0.717) is 32.7 Å². The average molecular weight is 377 g/mol. The number of rotatable bonds is 6. The summed E-state index contributed by atoms with van der Waals surface area (Å²) in [5, 5.41) is 11.3. The molecule has 0 saturated carbocycles. The van der Waals surface area contributed by atoms with E-state index in [-0.39, 0.29) is 0 Å². The summed E-state index contributed by atoms with van der Waals surface area (Å²) >= 11 is 1.76. The molecular weight excluding hydrogens is 358 g/mol. The van der Waals surface area contributed by atoms with Crippen LogP contribution in [0.1, 0.15) is 11.3 Å². The fourth-order valence-electron chi connectivity index (χ4n) is 3.34. The lowest BCUT2D eigenvalue weighted by Crippen LogP contribution is -2.52. The first kappa shape index (κ1) is 17.4. The van der Waals surface area contributed by atoms with Crippen molar-refractivity contribution in [3.05, 3.63) is 35.2 Å². The van der Waals surface area contributed by atoms with Gasteiger partial charge in [-0.25, -0.2) is 14.5 Å². The fourth-order valence-corrected chi connectivity index (χ4v) is 4.38. The fraction of sp³-hybridized carbons (Fsp3) is 0.444. The maximum absolute atomic E-state index is 11.4. The molecule has 4 rings (SSSR count). The molecule has 2 aliphatic heterocycles. The van der Waals surface area contributed by atoms with E-state index in [2.05, 4.69) is 18.2 Å². The average Bonchev–Trinajstić information content (AvgIpc) is 3.26. The number of carbonyl (C=O) groups excluding carboxylic acids is 2. The van der Waals surface area contributed by atoms with Crippen molar-refractivity contribution >= 4 is 33.4 Å². The van der Waals surface area contributed by atoms with Crippen molar-refractivity contribution in [3.8, 4) is 0 Å². The molecule has 1 aromatic carbocycles. The van der Waals surface area contributed by atoms with E-state index >= 15 is 0 Å². The summed E-state index contributed by atoms with van der Waals surface area (Å²) in [6.07, 6.45) is 0.135. The van der Waals surface area contributed by atoms with Crippen molar-refractivity contribution in [2.24, 2.45) is 0 Å². The lowest BCUT2D eigenvalue weighted by Gasteiger charge is -2.32. The second-order valence-corrected chi connectivity index (χ2v) is 7.48. The summed E-state index contributed by atoms with van der Waals surface area (Å²) in [4.78, 5) is 25.6. The highest BCUT2D eigenvalue weighted by Crippen LogP contribution is 2.36. The number of benzene rings is 1. The van der Waals surface area contributed by atoms with Crippen LogP contribution in [-0.2, 0) is 30.2 Å². The minimum absolute atomic E-state index is 0.363. The molecule has 1 N–H and O–H groups in total. The van der Waals surface area contributed by atoms with Crippen molar-refractivity contribution in [2.45, 2.75) is 24.9 Å². The normalized spacial score (nSPS) is 22.3. The topological polar surface area (TPSA) is 85.3 Å². The molecule has 2 fully saturated rings. The molecular formula is C18H19NO6S. The van der Waals surface area contributed by atoms with Gasteiger partial charge < -0.3 is 19.3 Å². The van der Waals surface area contributed by atoms with Crippen LogP contribution < -0.4 is 0 Å². The minimum Gasteiger partial charge on any atom is -0.397 e. The Morgan fingerprint density at radius 1 is 1.23 bits per heavy atom. The van der Waals surface area contributed by atoms with Gasteiger partial charge in [0.1, 0.15) is 6.10 Å². The van der Waals surface area contributed by atoms with Gasteiger partial charge in [-0.05, 0) is 23.9 Å². The molecule has 7 nitrogen and oxygen atoms in total. The minimum atomic E-state index is -1.68. The standard InChI is InChI=1S/C18H19NO6S/c20-15-5-7-19(18(15)24-16(21)17(22)25-18)8-10-23-9-6-13-11-12-3-1-2-4-14(12)26-13/h1-4,11,15,20H,5-10H2. The van der Waals surface area contributed by atoms with E-state index in [1.54, 1.807) is 16.2 Å². The number of fused-ring (bicyclic) bond motifs is 1. The highest BCUT2D eigenvalue weighted by Gasteiger charge is 2.61. The van der Waals surface area contributed by atoms with E-state index in [0.717, 1.165) is 6.42 Å². The number of ether oxygens (including phenoxy) is 3. The van der Waals surface area contributed by atoms with Gasteiger partial charge in [0.15, 0.2) is 0 Å². The molecule has 0 bridgehead atoms. The number of thiophene rings is 1. The van der Waals surface area contributed by atoms with Gasteiger partial charge in [-0.3, -0.25) is 0 Å². The molecule has 0 aliphatic carbocycles. The predicted octanol–water partition coefficient (Wildman–Crippen LogP) is 1.28. The third kappa shape index (κ3) is 3.09. The SMILES string of the molecule is O=C1OC2(OC1=O)C(O)CCN2CCOCCc1cc2ccccc2s1. The first-order valence-electron chi connectivity index (χ1n) is 8.53. The summed E-state index contributed by atoms with van der Waals surface area (Å²) < 4.78 is 17.0. The Kier molecular flexibility index (Phi) is 4.66. The van der Waals surface area contributed by atoms with Crippen LogP contribution in [0.4, 0.5) is 0 Å². The van der Waals surface area contributed by atoms with E-state index in [9.17, 15) is 14.7 Å². The van der Waals surface area contributed by atoms with Crippen LogP contribution in [0.2, 0.25) is 0 Å². The zero-order valence-electron chi connectivity index (χ0n) is 14.1. The molecule has 1 unspecified atom stereocenters. The third-order valence-corrected chi connectivity index (χ3v) is 5.83. The van der Waals surface area contributed by atoms with E-state index in [4.69, 9.17) is 14.2 Å². The molecule has 3 heterocycles. The first-order chi connectivity index (χ1) is 12.6. The largest absolute Gasteiger partial charge is 0.422 e. The number of aliphatic hydroxyl groups excluding tert-OH is 1. The molecule has 0 amide bonds. The Balaban J connectivity index is 1.27. The van der Waals surface area contributed by atoms with Gasteiger partial charge in [-0.15, -0.1) is 11.3 Å². The molecule has 2 aliphatic rings. The highest BCUT2D eigenvalue weighted by atomic mass is 32.1. The first-order valence-corrected chi connectivity index (χ1v) is 9.35. The van der Waals surface area contributed by atoms with Gasteiger partial charge in [0, 0.05) is 29.1 Å². The summed E-state index contributed by atoms with van der Waals surface area (Å²) in [6.45, 7) is 1.80. The Morgan fingerprint density at radius 3 is 2.77 bits per heavy atom. The molecule has 8 heteroatoms. The van der Waals surface area contributed by atoms with Crippen molar-refractivity contribution < 1.29 is 28.9 Å². The Labute approximate surface area is 154 Å². The lowest BCUT2D eigenvalue weighted by molar-refractivity contribution is -0.269. The molecule has 138 valence electrons. The Hall–Kier alpha value is -2.00. The number of esters is 2. The molecule has 2 saturated heterocycles. The zero-order chi connectivity index (χ0) is 18.1. The monoisotopic (exact) mass is 377 g/mol. The Morgan fingerprint density at radius 2 is 2.00 bits per heavy atom. The molecule has 1 aromatic heterocycles. The van der Waals surface area contributed by atoms with Crippen molar-refractivity contribution in [1.82, 2.24) is 4.90 Å². The summed E-state index contributed by atoms with van der Waals surface area (Å²) in [7, 11) is 0. The van der Waals surface area contributed by atoms with Crippen molar-refractivity contribution in [2.75, 3.05) is 26.3 Å². The maximum Gasteiger partial charge on any atom is 0.422 e. The van der Waals surface area contributed by atoms with Crippen LogP contribution >= 0.6 is 11.3 Å². The number of aliphatic hydroxyl groups is 1. The van der Waals surface area contributed by atoms with Gasteiger partial charge in [0.05, 0.1) is 13.2 Å².